The maximum absolute atomic E-state index is 12.6. The molecule has 0 spiro atoms. The number of hydrogen-bond acceptors (Lipinski definition) is 4. The predicted octanol–water partition coefficient (Wildman–Crippen LogP) is 2.06. The second-order valence-electron chi connectivity index (χ2n) is 6.83. The van der Waals surface area contributed by atoms with E-state index in [2.05, 4.69) is 5.10 Å². The first kappa shape index (κ1) is 16.4. The highest BCUT2D eigenvalue weighted by Crippen LogP contribution is 2.36. The van der Waals surface area contributed by atoms with Gasteiger partial charge in [0, 0.05) is 17.9 Å². The summed E-state index contributed by atoms with van der Waals surface area (Å²) in [6.45, 7) is 10.0. The fourth-order valence-electron chi connectivity index (χ4n) is 2.27. The van der Waals surface area contributed by atoms with Gasteiger partial charge in [-0.05, 0) is 46.8 Å². The number of aromatic nitrogens is 2. The molecule has 0 saturated carbocycles. The molecule has 0 amide bonds. The van der Waals surface area contributed by atoms with Gasteiger partial charge in [-0.15, -0.1) is 0 Å². The maximum atomic E-state index is 12.6. The van der Waals surface area contributed by atoms with Gasteiger partial charge in [0.1, 0.15) is 0 Å². The fraction of sp³-hybridized carbons (Fsp3) is 0.438. The van der Waals surface area contributed by atoms with Crippen LogP contribution in [0.25, 0.3) is 0 Å². The van der Waals surface area contributed by atoms with E-state index in [1.807, 2.05) is 58.9 Å². The molecule has 2 aromatic rings. The van der Waals surface area contributed by atoms with Crippen LogP contribution < -0.4 is 5.46 Å². The van der Waals surface area contributed by atoms with Crippen molar-refractivity contribution >= 4 is 23.6 Å². The van der Waals surface area contributed by atoms with Crippen molar-refractivity contribution in [3.8, 4) is 0 Å². The lowest BCUT2D eigenvalue weighted by molar-refractivity contribution is 0.00578. The van der Waals surface area contributed by atoms with Gasteiger partial charge in [0.15, 0.2) is 11.0 Å². The second-order valence-corrected chi connectivity index (χ2v) is 8.17. The number of rotatable bonds is 3. The van der Waals surface area contributed by atoms with Crippen molar-refractivity contribution in [2.45, 2.75) is 50.7 Å². The Hall–Kier alpha value is -1.44. The molecule has 1 aliphatic rings. The molecule has 1 fully saturated rings. The van der Waals surface area contributed by atoms with Gasteiger partial charge in [-0.2, -0.15) is 9.19 Å². The zero-order valence-corrected chi connectivity index (χ0v) is 14.9. The molecule has 1 aliphatic heterocycles. The fourth-order valence-corrected chi connectivity index (χ4v) is 3.21. The Morgan fingerprint density at radius 3 is 2.22 bits per heavy atom. The summed E-state index contributed by atoms with van der Waals surface area (Å²) >= 11 is 0. The highest BCUT2D eigenvalue weighted by Gasteiger charge is 2.52. The standard InChI is InChI=1S/C16H21BN2O3S/c1-12-6-8-14(9-7-12)23(20)19-11-13(10-18-19)17-21-15(2,3)16(4,5)22-17/h6-11H,1-5H3. The normalized spacial score (nSPS) is 20.7. The first-order valence-electron chi connectivity index (χ1n) is 7.59. The van der Waals surface area contributed by atoms with Crippen molar-refractivity contribution in [1.82, 2.24) is 9.19 Å². The summed E-state index contributed by atoms with van der Waals surface area (Å²) in [5.74, 6) is 0. The van der Waals surface area contributed by atoms with E-state index in [-0.39, 0.29) is 0 Å². The number of nitrogens with zero attached hydrogens (tertiary/aromatic N) is 2. The molecule has 1 atom stereocenters. The van der Waals surface area contributed by atoms with Gasteiger partial charge in [-0.25, -0.2) is 4.21 Å². The van der Waals surface area contributed by atoms with Crippen molar-refractivity contribution in [2.24, 2.45) is 0 Å². The predicted molar refractivity (Wildman–Crippen MR) is 90.9 cm³/mol. The lowest BCUT2D eigenvalue weighted by atomic mass is 9.82. The molecular formula is C16H21BN2O3S. The Morgan fingerprint density at radius 2 is 1.65 bits per heavy atom. The molecule has 122 valence electrons. The first-order chi connectivity index (χ1) is 10.7. The lowest BCUT2D eigenvalue weighted by Crippen LogP contribution is -2.41. The minimum atomic E-state index is -1.38. The summed E-state index contributed by atoms with van der Waals surface area (Å²) in [5.41, 5.74) is 1.08. The van der Waals surface area contributed by atoms with Crippen LogP contribution in [0.3, 0.4) is 0 Å². The van der Waals surface area contributed by atoms with E-state index in [4.69, 9.17) is 9.31 Å². The van der Waals surface area contributed by atoms with Gasteiger partial charge in [0.2, 0.25) is 0 Å². The van der Waals surface area contributed by atoms with Gasteiger partial charge in [-0.1, -0.05) is 17.7 Å². The Labute approximate surface area is 139 Å². The SMILES string of the molecule is Cc1ccc(S(=O)n2cc(B3OC(C)(C)C(C)(C)O3)cn2)cc1. The Balaban J connectivity index is 1.81. The number of aryl methyl sites for hydroxylation is 1. The minimum absolute atomic E-state index is 0.407. The van der Waals surface area contributed by atoms with Crippen molar-refractivity contribution in [3.63, 3.8) is 0 Å². The van der Waals surface area contributed by atoms with Crippen molar-refractivity contribution in [2.75, 3.05) is 0 Å². The molecule has 0 aliphatic carbocycles. The molecular weight excluding hydrogens is 311 g/mol. The maximum Gasteiger partial charge on any atom is 0.498 e. The Kier molecular flexibility index (Phi) is 3.98. The summed E-state index contributed by atoms with van der Waals surface area (Å²) in [6, 6.07) is 7.57. The molecule has 1 unspecified atom stereocenters. The largest absolute Gasteiger partial charge is 0.498 e. The summed E-state index contributed by atoms with van der Waals surface area (Å²) in [7, 11) is -1.87. The van der Waals surface area contributed by atoms with Crippen LogP contribution in [0.2, 0.25) is 0 Å². The van der Waals surface area contributed by atoms with Crippen LogP contribution in [-0.4, -0.2) is 31.7 Å². The topological polar surface area (TPSA) is 53.4 Å². The molecule has 3 rings (SSSR count). The van der Waals surface area contributed by atoms with Gasteiger partial charge >= 0.3 is 7.12 Å². The van der Waals surface area contributed by atoms with E-state index in [0.717, 1.165) is 11.0 Å². The summed E-state index contributed by atoms with van der Waals surface area (Å²) in [5, 5.41) is 4.21. The second kappa shape index (κ2) is 5.58. The Morgan fingerprint density at radius 1 is 1.09 bits per heavy atom. The van der Waals surface area contributed by atoms with Crippen LogP contribution in [0.15, 0.2) is 41.6 Å². The van der Waals surface area contributed by atoms with E-state index in [1.165, 1.54) is 4.09 Å². The smallest absolute Gasteiger partial charge is 0.399 e. The van der Waals surface area contributed by atoms with E-state index in [0.29, 0.717) is 4.90 Å². The van der Waals surface area contributed by atoms with E-state index >= 15 is 0 Å². The lowest BCUT2D eigenvalue weighted by Gasteiger charge is -2.32. The van der Waals surface area contributed by atoms with Crippen LogP contribution >= 0.6 is 0 Å². The third kappa shape index (κ3) is 3.01. The number of hydrogen-bond donors (Lipinski definition) is 0. The number of benzene rings is 1. The minimum Gasteiger partial charge on any atom is -0.399 e. The molecule has 2 heterocycles. The van der Waals surface area contributed by atoms with Gasteiger partial charge < -0.3 is 9.31 Å². The molecule has 23 heavy (non-hydrogen) atoms. The van der Waals surface area contributed by atoms with Crippen LogP contribution in [0.5, 0.6) is 0 Å². The van der Waals surface area contributed by atoms with Crippen molar-refractivity contribution < 1.29 is 13.5 Å². The summed E-state index contributed by atoms with van der Waals surface area (Å²) in [4.78, 5) is 0.708. The van der Waals surface area contributed by atoms with E-state index in [1.54, 1.807) is 12.4 Å². The summed E-state index contributed by atoms with van der Waals surface area (Å²) in [6.07, 6.45) is 3.37. The van der Waals surface area contributed by atoms with E-state index < -0.39 is 29.3 Å². The third-order valence-electron chi connectivity index (χ3n) is 4.50. The monoisotopic (exact) mass is 332 g/mol. The highest BCUT2D eigenvalue weighted by molar-refractivity contribution is 7.83. The average Bonchev–Trinajstić information content (AvgIpc) is 3.02. The van der Waals surface area contributed by atoms with E-state index in [9.17, 15) is 4.21 Å². The molecule has 1 aromatic carbocycles. The van der Waals surface area contributed by atoms with Gasteiger partial charge in [0.05, 0.1) is 16.1 Å². The molecule has 5 nitrogen and oxygen atoms in total. The molecule has 0 N–H and O–H groups in total. The highest BCUT2D eigenvalue weighted by atomic mass is 32.2. The zero-order valence-electron chi connectivity index (χ0n) is 14.1. The zero-order chi connectivity index (χ0) is 16.8. The van der Waals surface area contributed by atoms with Crippen LogP contribution in [0.1, 0.15) is 33.3 Å². The molecule has 0 bridgehead atoms. The quantitative estimate of drug-likeness (QED) is 0.808. The Bertz CT molecular complexity index is 724. The molecule has 7 heteroatoms. The van der Waals surface area contributed by atoms with Crippen molar-refractivity contribution in [3.05, 3.63) is 42.2 Å². The third-order valence-corrected chi connectivity index (χ3v) is 5.71. The average molecular weight is 332 g/mol. The summed E-state index contributed by atoms with van der Waals surface area (Å²) < 4.78 is 26.0. The molecule has 1 aromatic heterocycles. The first-order valence-corrected chi connectivity index (χ1v) is 8.69. The van der Waals surface area contributed by atoms with Crippen molar-refractivity contribution in [1.29, 1.82) is 0 Å². The molecule has 1 saturated heterocycles. The van der Waals surface area contributed by atoms with Crippen LogP contribution in [0, 0.1) is 6.92 Å². The van der Waals surface area contributed by atoms with Gasteiger partial charge in [0.25, 0.3) is 0 Å². The van der Waals surface area contributed by atoms with Crippen LogP contribution in [-0.2, 0) is 20.3 Å². The van der Waals surface area contributed by atoms with Gasteiger partial charge in [-0.3, -0.25) is 0 Å². The van der Waals surface area contributed by atoms with Crippen LogP contribution in [0.4, 0.5) is 0 Å². The molecule has 0 radical (unpaired) electrons.